The molecule has 0 fully saturated rings. The Bertz CT molecular complexity index is 926. The van der Waals surface area contributed by atoms with Crippen molar-refractivity contribution in [2.75, 3.05) is 20.2 Å². The molecule has 0 heterocycles. The Labute approximate surface area is 153 Å². The molecule has 136 valence electrons. The van der Waals surface area contributed by atoms with Crippen molar-refractivity contribution < 1.29 is 17.9 Å². The summed E-state index contributed by atoms with van der Waals surface area (Å²) >= 11 is 0. The minimum atomic E-state index is -3.66. The van der Waals surface area contributed by atoms with Crippen molar-refractivity contribution in [3.05, 3.63) is 59.7 Å². The number of rotatable bonds is 6. The van der Waals surface area contributed by atoms with E-state index in [1.807, 2.05) is 6.92 Å². The molecule has 0 aliphatic carbocycles. The monoisotopic (exact) mass is 372 g/mol. The molecule has 2 N–H and O–H groups in total. The van der Waals surface area contributed by atoms with Gasteiger partial charge in [0.25, 0.3) is 5.91 Å². The molecule has 7 heteroatoms. The maximum atomic E-state index is 12.3. The first kappa shape index (κ1) is 19.5. The number of benzene rings is 2. The average molecular weight is 372 g/mol. The van der Waals surface area contributed by atoms with Crippen LogP contribution in [0.15, 0.2) is 53.4 Å². The normalized spacial score (nSPS) is 10.5. The minimum Gasteiger partial charge on any atom is -0.494 e. The number of nitrogens with one attached hydrogen (secondary N) is 2. The number of carbonyl (C=O) groups is 1. The zero-order valence-electron chi connectivity index (χ0n) is 14.6. The molecule has 2 aromatic carbocycles. The van der Waals surface area contributed by atoms with Crippen molar-refractivity contribution in [1.82, 2.24) is 10.0 Å². The van der Waals surface area contributed by atoms with Gasteiger partial charge in [-0.1, -0.05) is 24.0 Å². The molecule has 0 saturated carbocycles. The summed E-state index contributed by atoms with van der Waals surface area (Å²) in [5.74, 6) is 5.92. The second-order valence-electron chi connectivity index (χ2n) is 5.16. The van der Waals surface area contributed by atoms with E-state index in [-0.39, 0.29) is 17.3 Å². The standard InChI is InChI=1S/C19H20N2O4S/c1-3-25-16-10-12-17(13-11-16)26(23,24)21-14-6-8-15-7-4-5-9-18(15)19(22)20-2/h4-5,7,9-13,21H,3,14H2,1-2H3,(H,20,22). The third-order valence-corrected chi connectivity index (χ3v) is 4.83. The number of hydrogen-bond acceptors (Lipinski definition) is 4. The van der Waals surface area contributed by atoms with Gasteiger partial charge in [0.2, 0.25) is 10.0 Å². The van der Waals surface area contributed by atoms with Gasteiger partial charge in [-0.15, -0.1) is 0 Å². The first-order valence-corrected chi connectivity index (χ1v) is 9.48. The van der Waals surface area contributed by atoms with Crippen LogP contribution in [0.25, 0.3) is 0 Å². The highest BCUT2D eigenvalue weighted by Crippen LogP contribution is 2.15. The Balaban J connectivity index is 2.06. The average Bonchev–Trinajstić information content (AvgIpc) is 2.65. The first-order chi connectivity index (χ1) is 12.5. The number of amides is 1. The highest BCUT2D eigenvalue weighted by Gasteiger charge is 2.12. The summed E-state index contributed by atoms with van der Waals surface area (Å²) < 4.78 is 32.2. The number of hydrogen-bond donors (Lipinski definition) is 2. The topological polar surface area (TPSA) is 84.5 Å². The summed E-state index contributed by atoms with van der Waals surface area (Å²) in [6.07, 6.45) is 0. The van der Waals surface area contributed by atoms with Crippen LogP contribution >= 0.6 is 0 Å². The van der Waals surface area contributed by atoms with Crippen LogP contribution in [-0.2, 0) is 10.0 Å². The summed E-state index contributed by atoms with van der Waals surface area (Å²) in [4.78, 5) is 11.9. The maximum absolute atomic E-state index is 12.3. The van der Waals surface area contributed by atoms with Crippen LogP contribution in [0.4, 0.5) is 0 Å². The molecule has 2 aromatic rings. The van der Waals surface area contributed by atoms with Crippen LogP contribution in [0.2, 0.25) is 0 Å². The Morgan fingerprint density at radius 3 is 2.46 bits per heavy atom. The molecule has 0 spiro atoms. The van der Waals surface area contributed by atoms with E-state index in [2.05, 4.69) is 21.9 Å². The molecule has 0 saturated heterocycles. The molecule has 0 radical (unpaired) electrons. The van der Waals surface area contributed by atoms with E-state index in [0.717, 1.165) is 0 Å². The van der Waals surface area contributed by atoms with Gasteiger partial charge < -0.3 is 10.1 Å². The third kappa shape index (κ3) is 5.09. The summed E-state index contributed by atoms with van der Waals surface area (Å²) in [6.45, 7) is 2.29. The molecule has 1 amide bonds. The van der Waals surface area contributed by atoms with Crippen LogP contribution in [0, 0.1) is 11.8 Å². The maximum Gasteiger partial charge on any atom is 0.252 e. The Kier molecular flexibility index (Phi) is 6.78. The van der Waals surface area contributed by atoms with Gasteiger partial charge in [-0.05, 0) is 43.3 Å². The van der Waals surface area contributed by atoms with E-state index in [1.54, 1.807) is 36.4 Å². The van der Waals surface area contributed by atoms with Gasteiger partial charge >= 0.3 is 0 Å². The smallest absolute Gasteiger partial charge is 0.252 e. The summed E-state index contributed by atoms with van der Waals surface area (Å²) in [6, 6.07) is 13.0. The minimum absolute atomic E-state index is 0.0718. The molecule has 26 heavy (non-hydrogen) atoms. The molecule has 0 aliphatic heterocycles. The van der Waals surface area contributed by atoms with Gasteiger partial charge in [0, 0.05) is 12.6 Å². The second kappa shape index (κ2) is 9.04. The molecular weight excluding hydrogens is 352 g/mol. The number of sulfonamides is 1. The van der Waals surface area contributed by atoms with Crippen LogP contribution in [0.5, 0.6) is 5.75 Å². The van der Waals surface area contributed by atoms with E-state index in [1.165, 1.54) is 19.2 Å². The molecule has 0 bridgehead atoms. The lowest BCUT2D eigenvalue weighted by Gasteiger charge is -2.06. The highest BCUT2D eigenvalue weighted by atomic mass is 32.2. The van der Waals surface area contributed by atoms with E-state index in [4.69, 9.17) is 4.74 Å². The van der Waals surface area contributed by atoms with Crippen LogP contribution < -0.4 is 14.8 Å². The lowest BCUT2D eigenvalue weighted by molar-refractivity contribution is 0.0963. The van der Waals surface area contributed by atoms with Crippen molar-refractivity contribution in [2.45, 2.75) is 11.8 Å². The molecule has 0 atom stereocenters. The summed E-state index contributed by atoms with van der Waals surface area (Å²) in [7, 11) is -2.13. The largest absolute Gasteiger partial charge is 0.494 e. The first-order valence-electron chi connectivity index (χ1n) is 8.00. The predicted octanol–water partition coefficient (Wildman–Crippen LogP) is 1.77. The molecule has 0 unspecified atom stereocenters. The Morgan fingerprint density at radius 1 is 1.12 bits per heavy atom. The highest BCUT2D eigenvalue weighted by molar-refractivity contribution is 7.89. The third-order valence-electron chi connectivity index (χ3n) is 3.42. The second-order valence-corrected chi connectivity index (χ2v) is 6.92. The van der Waals surface area contributed by atoms with Gasteiger partial charge in [0.1, 0.15) is 5.75 Å². The predicted molar refractivity (Wildman–Crippen MR) is 99.5 cm³/mol. The van der Waals surface area contributed by atoms with Crippen LogP contribution in [-0.4, -0.2) is 34.5 Å². The van der Waals surface area contributed by atoms with Crippen molar-refractivity contribution in [3.8, 4) is 17.6 Å². The SMILES string of the molecule is CCOc1ccc(S(=O)(=O)NCC#Cc2ccccc2C(=O)NC)cc1. The van der Waals surface area contributed by atoms with Crippen LogP contribution in [0.3, 0.4) is 0 Å². The zero-order chi connectivity index (χ0) is 19.0. The molecule has 0 aromatic heterocycles. The van der Waals surface area contributed by atoms with Crippen molar-refractivity contribution in [2.24, 2.45) is 0 Å². The van der Waals surface area contributed by atoms with Crippen molar-refractivity contribution in [3.63, 3.8) is 0 Å². The van der Waals surface area contributed by atoms with Gasteiger partial charge in [-0.3, -0.25) is 4.79 Å². The Morgan fingerprint density at radius 2 is 1.81 bits per heavy atom. The lowest BCUT2D eigenvalue weighted by Crippen LogP contribution is -2.24. The molecule has 6 nitrogen and oxygen atoms in total. The summed E-state index contributed by atoms with van der Waals surface area (Å²) in [5, 5.41) is 2.54. The fourth-order valence-electron chi connectivity index (χ4n) is 2.16. The summed E-state index contributed by atoms with van der Waals surface area (Å²) in [5.41, 5.74) is 0.976. The van der Waals surface area contributed by atoms with Crippen LogP contribution in [0.1, 0.15) is 22.8 Å². The fraction of sp³-hybridized carbons (Fsp3) is 0.211. The zero-order valence-corrected chi connectivity index (χ0v) is 15.4. The lowest BCUT2D eigenvalue weighted by atomic mass is 10.1. The van der Waals surface area contributed by atoms with Crippen molar-refractivity contribution >= 4 is 15.9 Å². The van der Waals surface area contributed by atoms with E-state index in [0.29, 0.717) is 23.5 Å². The van der Waals surface area contributed by atoms with Crippen molar-refractivity contribution in [1.29, 1.82) is 0 Å². The quantitative estimate of drug-likeness (QED) is 0.757. The number of carbonyl (C=O) groups excluding carboxylic acids is 1. The van der Waals surface area contributed by atoms with Gasteiger partial charge in [0.05, 0.1) is 23.6 Å². The van der Waals surface area contributed by atoms with Gasteiger partial charge in [-0.25, -0.2) is 8.42 Å². The van der Waals surface area contributed by atoms with E-state index in [9.17, 15) is 13.2 Å². The van der Waals surface area contributed by atoms with E-state index >= 15 is 0 Å². The van der Waals surface area contributed by atoms with Gasteiger partial charge in [-0.2, -0.15) is 4.72 Å². The Hall–Kier alpha value is -2.82. The molecule has 2 rings (SSSR count). The van der Waals surface area contributed by atoms with E-state index < -0.39 is 10.0 Å². The number of ether oxygens (including phenoxy) is 1. The molecule has 0 aliphatic rings. The van der Waals surface area contributed by atoms with Gasteiger partial charge in [0.15, 0.2) is 0 Å². The molecular formula is C19H20N2O4S. The fourth-order valence-corrected chi connectivity index (χ4v) is 3.08.